The zero-order valence-electron chi connectivity index (χ0n) is 8.45. The number of hydrogen-bond acceptors (Lipinski definition) is 4. The van der Waals surface area contributed by atoms with Gasteiger partial charge in [-0.3, -0.25) is 4.79 Å². The molecule has 0 atom stereocenters. The maximum Gasteiger partial charge on any atom is 0.302 e. The number of nitrogens with one attached hydrogen (secondary N) is 1. The van der Waals surface area contributed by atoms with E-state index < -0.39 is 0 Å². The molecule has 1 heterocycles. The van der Waals surface area contributed by atoms with Gasteiger partial charge in [-0.15, -0.1) is 12.4 Å². The molecule has 1 saturated heterocycles. The van der Waals surface area contributed by atoms with E-state index in [1.807, 2.05) is 0 Å². The van der Waals surface area contributed by atoms with Crippen LogP contribution in [0.3, 0.4) is 0 Å². The summed E-state index contributed by atoms with van der Waals surface area (Å²) in [5.74, 6) is -0.242. The van der Waals surface area contributed by atoms with Gasteiger partial charge < -0.3 is 14.8 Å². The van der Waals surface area contributed by atoms with Crippen LogP contribution >= 0.6 is 12.4 Å². The molecule has 0 spiro atoms. The number of carbonyl (C=O) groups is 1. The van der Waals surface area contributed by atoms with E-state index >= 15 is 0 Å². The summed E-state index contributed by atoms with van der Waals surface area (Å²) < 4.78 is 10.3. The van der Waals surface area contributed by atoms with Crippen molar-refractivity contribution in [2.45, 2.75) is 25.9 Å². The average molecular weight is 224 g/mol. The number of hydrogen-bond donors (Lipinski definition) is 1. The summed E-state index contributed by atoms with van der Waals surface area (Å²) >= 11 is 0. The second-order valence-electron chi connectivity index (χ2n) is 3.16. The van der Waals surface area contributed by atoms with E-state index in [-0.39, 0.29) is 18.4 Å². The molecule has 0 aliphatic carbocycles. The largest absolute Gasteiger partial charge is 0.463 e. The number of carbonyl (C=O) groups excluding carboxylic acids is 1. The minimum Gasteiger partial charge on any atom is -0.463 e. The zero-order valence-corrected chi connectivity index (χ0v) is 9.27. The first-order valence-electron chi connectivity index (χ1n) is 4.74. The Morgan fingerprint density at radius 1 is 1.36 bits per heavy atom. The van der Waals surface area contributed by atoms with E-state index in [0.717, 1.165) is 25.9 Å². The second kappa shape index (κ2) is 8.03. The standard InChI is InChI=1S/C9H17NO3.ClH/c1-8(11)12-6-7-13-9-2-4-10-5-3-9;/h9-10H,2-7H2,1H3;1H. The van der Waals surface area contributed by atoms with Crippen molar-refractivity contribution in [2.24, 2.45) is 0 Å². The summed E-state index contributed by atoms with van der Waals surface area (Å²) in [6.45, 7) is 4.35. The molecule has 4 nitrogen and oxygen atoms in total. The first-order chi connectivity index (χ1) is 6.29. The second-order valence-corrected chi connectivity index (χ2v) is 3.16. The molecule has 0 unspecified atom stereocenters. The van der Waals surface area contributed by atoms with E-state index in [9.17, 15) is 4.79 Å². The van der Waals surface area contributed by atoms with Crippen LogP contribution in [0.5, 0.6) is 0 Å². The number of esters is 1. The monoisotopic (exact) mass is 223 g/mol. The SMILES string of the molecule is CC(=O)OCCOC1CCNCC1.Cl. The molecule has 5 heteroatoms. The fourth-order valence-corrected chi connectivity index (χ4v) is 1.36. The highest BCUT2D eigenvalue weighted by molar-refractivity contribution is 5.85. The van der Waals surface area contributed by atoms with Gasteiger partial charge in [0.1, 0.15) is 6.61 Å². The van der Waals surface area contributed by atoms with Crippen molar-refractivity contribution < 1.29 is 14.3 Å². The van der Waals surface area contributed by atoms with Crippen LogP contribution in [-0.2, 0) is 14.3 Å². The molecule has 84 valence electrons. The van der Waals surface area contributed by atoms with E-state index in [1.54, 1.807) is 0 Å². The van der Waals surface area contributed by atoms with Crippen molar-refractivity contribution in [2.75, 3.05) is 26.3 Å². The topological polar surface area (TPSA) is 47.6 Å². The molecule has 0 aromatic rings. The molecule has 0 aromatic heterocycles. The lowest BCUT2D eigenvalue weighted by Gasteiger charge is -2.22. The number of halogens is 1. The highest BCUT2D eigenvalue weighted by Crippen LogP contribution is 2.06. The fourth-order valence-electron chi connectivity index (χ4n) is 1.36. The Labute approximate surface area is 90.7 Å². The first kappa shape index (κ1) is 13.7. The quantitative estimate of drug-likeness (QED) is 0.564. The molecule has 1 aliphatic heterocycles. The Bertz CT molecular complexity index is 160. The maximum atomic E-state index is 10.4. The molecule has 14 heavy (non-hydrogen) atoms. The molecular weight excluding hydrogens is 206 g/mol. The fraction of sp³-hybridized carbons (Fsp3) is 0.889. The minimum absolute atomic E-state index is 0. The summed E-state index contributed by atoms with van der Waals surface area (Å²) in [6, 6.07) is 0. The summed E-state index contributed by atoms with van der Waals surface area (Å²) in [5, 5.41) is 3.26. The normalized spacial score (nSPS) is 17.2. The Morgan fingerprint density at radius 2 is 2.00 bits per heavy atom. The van der Waals surface area contributed by atoms with Crippen LogP contribution in [0.25, 0.3) is 0 Å². The lowest BCUT2D eigenvalue weighted by Crippen LogP contribution is -2.33. The van der Waals surface area contributed by atoms with Gasteiger partial charge >= 0.3 is 5.97 Å². The molecule has 0 amide bonds. The van der Waals surface area contributed by atoms with Crippen LogP contribution in [0.15, 0.2) is 0 Å². The Kier molecular flexibility index (Phi) is 7.84. The molecule has 0 bridgehead atoms. The number of piperidine rings is 1. The summed E-state index contributed by atoms with van der Waals surface area (Å²) in [6.07, 6.45) is 2.46. The minimum atomic E-state index is -0.242. The third-order valence-electron chi connectivity index (χ3n) is 2.03. The number of ether oxygens (including phenoxy) is 2. The van der Waals surface area contributed by atoms with Crippen molar-refractivity contribution >= 4 is 18.4 Å². The van der Waals surface area contributed by atoms with Gasteiger partial charge in [0.05, 0.1) is 12.7 Å². The van der Waals surface area contributed by atoms with Crippen LogP contribution in [-0.4, -0.2) is 38.4 Å². The predicted octanol–water partition coefficient (Wildman–Crippen LogP) is 0.740. The molecule has 1 N–H and O–H groups in total. The molecule has 0 radical (unpaired) electrons. The molecule has 1 fully saturated rings. The molecule has 0 saturated carbocycles. The van der Waals surface area contributed by atoms with E-state index in [1.165, 1.54) is 6.92 Å². The lowest BCUT2D eigenvalue weighted by molar-refractivity contribution is -0.143. The van der Waals surface area contributed by atoms with Gasteiger partial charge in [0.25, 0.3) is 0 Å². The highest BCUT2D eigenvalue weighted by Gasteiger charge is 2.12. The zero-order chi connectivity index (χ0) is 9.52. The van der Waals surface area contributed by atoms with Crippen LogP contribution in [0.1, 0.15) is 19.8 Å². The van der Waals surface area contributed by atoms with Crippen LogP contribution in [0.2, 0.25) is 0 Å². The summed E-state index contributed by atoms with van der Waals surface area (Å²) in [5.41, 5.74) is 0. The van der Waals surface area contributed by atoms with Gasteiger partial charge in [-0.05, 0) is 25.9 Å². The van der Waals surface area contributed by atoms with Crippen molar-refractivity contribution in [3.05, 3.63) is 0 Å². The van der Waals surface area contributed by atoms with Crippen LogP contribution < -0.4 is 5.32 Å². The average Bonchev–Trinajstić information content (AvgIpc) is 2.14. The Hall–Kier alpha value is -0.320. The van der Waals surface area contributed by atoms with E-state index in [4.69, 9.17) is 9.47 Å². The van der Waals surface area contributed by atoms with Gasteiger partial charge in [-0.1, -0.05) is 0 Å². The third kappa shape index (κ3) is 6.18. The van der Waals surface area contributed by atoms with Gasteiger partial charge in [-0.2, -0.15) is 0 Å². The summed E-state index contributed by atoms with van der Waals surface area (Å²) in [7, 11) is 0. The van der Waals surface area contributed by atoms with Crippen molar-refractivity contribution in [3.8, 4) is 0 Å². The highest BCUT2D eigenvalue weighted by atomic mass is 35.5. The Balaban J connectivity index is 0.00000169. The van der Waals surface area contributed by atoms with Crippen LogP contribution in [0, 0.1) is 0 Å². The molecular formula is C9H18ClNO3. The van der Waals surface area contributed by atoms with Gasteiger partial charge in [0.15, 0.2) is 0 Å². The van der Waals surface area contributed by atoms with Gasteiger partial charge in [0.2, 0.25) is 0 Å². The van der Waals surface area contributed by atoms with Crippen LogP contribution in [0.4, 0.5) is 0 Å². The third-order valence-corrected chi connectivity index (χ3v) is 2.03. The van der Waals surface area contributed by atoms with Crippen molar-refractivity contribution in [1.29, 1.82) is 0 Å². The first-order valence-corrected chi connectivity index (χ1v) is 4.74. The van der Waals surface area contributed by atoms with E-state index in [0.29, 0.717) is 19.3 Å². The van der Waals surface area contributed by atoms with Crippen molar-refractivity contribution in [3.63, 3.8) is 0 Å². The van der Waals surface area contributed by atoms with Crippen molar-refractivity contribution in [1.82, 2.24) is 5.32 Å². The lowest BCUT2D eigenvalue weighted by atomic mass is 10.1. The molecule has 0 aromatic carbocycles. The number of rotatable bonds is 4. The summed E-state index contributed by atoms with van der Waals surface area (Å²) in [4.78, 5) is 10.4. The molecule has 1 rings (SSSR count). The Morgan fingerprint density at radius 3 is 2.57 bits per heavy atom. The maximum absolute atomic E-state index is 10.4. The van der Waals surface area contributed by atoms with Gasteiger partial charge in [-0.25, -0.2) is 0 Å². The molecule has 1 aliphatic rings. The van der Waals surface area contributed by atoms with E-state index in [2.05, 4.69) is 5.32 Å². The predicted molar refractivity (Wildman–Crippen MR) is 55.7 cm³/mol. The van der Waals surface area contributed by atoms with Gasteiger partial charge in [0, 0.05) is 6.92 Å². The smallest absolute Gasteiger partial charge is 0.302 e.